The van der Waals surface area contributed by atoms with E-state index in [4.69, 9.17) is 4.74 Å². The second-order valence-corrected chi connectivity index (χ2v) is 6.33. The summed E-state index contributed by atoms with van der Waals surface area (Å²) in [5.41, 5.74) is 3.19. The van der Waals surface area contributed by atoms with Crippen molar-refractivity contribution in [3.05, 3.63) is 65.7 Å². The molecule has 22 heavy (non-hydrogen) atoms. The van der Waals surface area contributed by atoms with Crippen LogP contribution < -0.4 is 5.32 Å². The van der Waals surface area contributed by atoms with E-state index >= 15 is 0 Å². The molecule has 0 spiro atoms. The van der Waals surface area contributed by atoms with Crippen LogP contribution in [0.15, 0.2) is 64.6 Å². The Morgan fingerprint density at radius 2 is 1.77 bits per heavy atom. The van der Waals surface area contributed by atoms with E-state index in [1.807, 2.05) is 42.5 Å². The third kappa shape index (κ3) is 2.60. The molecule has 2 aromatic carbocycles. The molecule has 4 nitrogen and oxygen atoms in total. The summed E-state index contributed by atoms with van der Waals surface area (Å²) < 4.78 is 5.94. The monoisotopic (exact) mass is 309 g/mol. The van der Waals surface area contributed by atoms with Crippen LogP contribution in [0.5, 0.6) is 0 Å². The molecule has 0 aliphatic carbocycles. The minimum absolute atomic E-state index is 0.0671. The maximum atomic E-state index is 5.94. The highest BCUT2D eigenvalue weighted by Gasteiger charge is 2.38. The summed E-state index contributed by atoms with van der Waals surface area (Å²) in [5.74, 6) is 0.685. The predicted octanol–water partition coefficient (Wildman–Crippen LogP) is 3.64. The number of aliphatic imine (C=N–C) groups is 2. The van der Waals surface area contributed by atoms with Gasteiger partial charge in [-0.3, -0.25) is 0 Å². The van der Waals surface area contributed by atoms with Gasteiger partial charge in [0.15, 0.2) is 16.8 Å². The van der Waals surface area contributed by atoms with Crippen molar-refractivity contribution >= 4 is 28.5 Å². The standard InChI is InChI=1S/C17H15N3OS/c1-11-7-9-12(10-8-11)15-19-14-16(21-15)22-17(20-14)18-13-5-3-2-4-6-13/h2-10,14,16H,1H3,(H,18,20). The number of para-hydroxylation sites is 1. The Labute approximate surface area is 133 Å². The fourth-order valence-electron chi connectivity index (χ4n) is 2.36. The Hall–Kier alpha value is -2.27. The molecule has 1 N–H and O–H groups in total. The normalized spacial score (nSPS) is 22.6. The molecule has 0 amide bonds. The molecule has 0 aromatic heterocycles. The molecule has 4 rings (SSSR count). The minimum atomic E-state index is -0.160. The molecule has 2 aromatic rings. The Bertz CT molecular complexity index is 740. The van der Waals surface area contributed by atoms with E-state index in [9.17, 15) is 0 Å². The zero-order valence-corrected chi connectivity index (χ0v) is 12.9. The van der Waals surface area contributed by atoms with Crippen LogP contribution in [-0.4, -0.2) is 22.7 Å². The quantitative estimate of drug-likeness (QED) is 0.921. The van der Waals surface area contributed by atoms with Crippen molar-refractivity contribution in [2.24, 2.45) is 9.98 Å². The number of nitrogens with one attached hydrogen (secondary N) is 1. The summed E-state index contributed by atoms with van der Waals surface area (Å²) in [6, 6.07) is 18.2. The van der Waals surface area contributed by atoms with Crippen LogP contribution in [-0.2, 0) is 4.74 Å². The smallest absolute Gasteiger partial charge is 0.219 e. The highest BCUT2D eigenvalue weighted by molar-refractivity contribution is 8.14. The van der Waals surface area contributed by atoms with Crippen molar-refractivity contribution in [3.63, 3.8) is 0 Å². The number of rotatable bonds is 2. The molecule has 110 valence electrons. The Kier molecular flexibility index (Phi) is 3.35. The van der Waals surface area contributed by atoms with Crippen molar-refractivity contribution in [1.29, 1.82) is 0 Å². The second-order valence-electron chi connectivity index (χ2n) is 5.24. The number of anilines is 1. The first kappa shape index (κ1) is 13.4. The third-order valence-electron chi connectivity index (χ3n) is 3.52. The van der Waals surface area contributed by atoms with Crippen LogP contribution in [0.2, 0.25) is 0 Å². The van der Waals surface area contributed by atoms with E-state index in [2.05, 4.69) is 34.4 Å². The van der Waals surface area contributed by atoms with Gasteiger partial charge in [0.1, 0.15) is 0 Å². The van der Waals surface area contributed by atoms with Gasteiger partial charge in [0.2, 0.25) is 5.90 Å². The molecule has 2 heterocycles. The molecule has 0 saturated carbocycles. The second kappa shape index (κ2) is 5.50. The van der Waals surface area contributed by atoms with E-state index in [-0.39, 0.29) is 11.6 Å². The van der Waals surface area contributed by atoms with Crippen LogP contribution in [0.25, 0.3) is 0 Å². The van der Waals surface area contributed by atoms with E-state index < -0.39 is 0 Å². The lowest BCUT2D eigenvalue weighted by atomic mass is 10.1. The number of aryl methyl sites for hydroxylation is 1. The summed E-state index contributed by atoms with van der Waals surface area (Å²) in [4.78, 5) is 9.18. The Morgan fingerprint density at radius 3 is 2.50 bits per heavy atom. The first-order chi connectivity index (χ1) is 10.8. The van der Waals surface area contributed by atoms with E-state index in [0.717, 1.165) is 16.4 Å². The largest absolute Gasteiger partial charge is 0.458 e. The number of ether oxygens (including phenoxy) is 1. The fraction of sp³-hybridized carbons (Fsp3) is 0.176. The Morgan fingerprint density at radius 1 is 1.00 bits per heavy atom. The molecule has 0 radical (unpaired) electrons. The molecular formula is C17H15N3OS. The van der Waals surface area contributed by atoms with Gasteiger partial charge < -0.3 is 10.1 Å². The van der Waals surface area contributed by atoms with Crippen molar-refractivity contribution in [2.75, 3.05) is 5.32 Å². The first-order valence-corrected chi connectivity index (χ1v) is 8.04. The van der Waals surface area contributed by atoms with Gasteiger partial charge in [-0.1, -0.05) is 35.9 Å². The predicted molar refractivity (Wildman–Crippen MR) is 91.5 cm³/mol. The van der Waals surface area contributed by atoms with Crippen molar-refractivity contribution in [1.82, 2.24) is 0 Å². The Balaban J connectivity index is 1.50. The number of hydrogen-bond donors (Lipinski definition) is 1. The summed E-state index contributed by atoms with van der Waals surface area (Å²) in [6.45, 7) is 2.07. The fourth-order valence-corrected chi connectivity index (χ4v) is 3.31. The molecule has 5 heteroatoms. The maximum Gasteiger partial charge on any atom is 0.219 e. The van der Waals surface area contributed by atoms with Crippen LogP contribution in [0.1, 0.15) is 11.1 Å². The van der Waals surface area contributed by atoms with Crippen molar-refractivity contribution < 1.29 is 4.74 Å². The van der Waals surface area contributed by atoms with Crippen molar-refractivity contribution in [3.8, 4) is 0 Å². The van der Waals surface area contributed by atoms with Crippen LogP contribution in [0.3, 0.4) is 0 Å². The van der Waals surface area contributed by atoms with E-state index in [1.165, 1.54) is 5.56 Å². The number of benzene rings is 2. The lowest BCUT2D eigenvalue weighted by molar-refractivity contribution is 0.289. The number of thioether (sulfide) groups is 1. The molecule has 2 aliphatic heterocycles. The van der Waals surface area contributed by atoms with Gasteiger partial charge in [-0.25, -0.2) is 9.98 Å². The summed E-state index contributed by atoms with van der Waals surface area (Å²) in [5, 5.41) is 4.15. The molecule has 0 saturated heterocycles. The minimum Gasteiger partial charge on any atom is -0.458 e. The van der Waals surface area contributed by atoms with Gasteiger partial charge >= 0.3 is 0 Å². The molecule has 2 atom stereocenters. The molecule has 2 aliphatic rings. The van der Waals surface area contributed by atoms with Gasteiger partial charge in [0, 0.05) is 11.3 Å². The zero-order valence-electron chi connectivity index (χ0n) is 12.1. The topological polar surface area (TPSA) is 46.0 Å². The molecule has 0 fully saturated rings. The van der Waals surface area contributed by atoms with Crippen LogP contribution in [0, 0.1) is 6.92 Å². The van der Waals surface area contributed by atoms with E-state index in [0.29, 0.717) is 5.90 Å². The third-order valence-corrected chi connectivity index (χ3v) is 4.52. The molecule has 2 unspecified atom stereocenters. The number of nitrogens with zero attached hydrogens (tertiary/aromatic N) is 2. The summed E-state index contributed by atoms with van der Waals surface area (Å²) in [7, 11) is 0. The number of amidine groups is 1. The van der Waals surface area contributed by atoms with Crippen LogP contribution in [0.4, 0.5) is 5.69 Å². The first-order valence-electron chi connectivity index (χ1n) is 7.16. The highest BCUT2D eigenvalue weighted by Crippen LogP contribution is 2.34. The molecule has 0 bridgehead atoms. The molecular weight excluding hydrogens is 294 g/mol. The lowest BCUT2D eigenvalue weighted by Crippen LogP contribution is -2.13. The number of fused-ring (bicyclic) bond motifs is 1. The summed E-state index contributed by atoms with van der Waals surface area (Å²) >= 11 is 1.58. The van der Waals surface area contributed by atoms with Gasteiger partial charge in [0.25, 0.3) is 0 Å². The highest BCUT2D eigenvalue weighted by atomic mass is 32.2. The van der Waals surface area contributed by atoms with Crippen molar-refractivity contribution in [2.45, 2.75) is 18.5 Å². The van der Waals surface area contributed by atoms with Gasteiger partial charge in [-0.15, -0.1) is 0 Å². The van der Waals surface area contributed by atoms with E-state index in [1.54, 1.807) is 11.8 Å². The van der Waals surface area contributed by atoms with Gasteiger partial charge in [0.05, 0.1) is 0 Å². The number of hydrogen-bond acceptors (Lipinski definition) is 5. The summed E-state index contributed by atoms with van der Waals surface area (Å²) in [6.07, 6.45) is -0.160. The average Bonchev–Trinajstić information content (AvgIpc) is 3.07. The lowest BCUT2D eigenvalue weighted by Gasteiger charge is -2.09. The van der Waals surface area contributed by atoms with Crippen LogP contribution >= 0.6 is 11.8 Å². The zero-order chi connectivity index (χ0) is 14.9. The van der Waals surface area contributed by atoms with Gasteiger partial charge in [-0.2, -0.15) is 0 Å². The maximum absolute atomic E-state index is 5.94. The average molecular weight is 309 g/mol. The van der Waals surface area contributed by atoms with Gasteiger partial charge in [-0.05, 0) is 43.0 Å². The SMILES string of the molecule is Cc1ccc(C2=NC3N=C(Nc4ccccc4)SC3O2)cc1.